The summed E-state index contributed by atoms with van der Waals surface area (Å²) in [5.74, 6) is 0. The van der Waals surface area contributed by atoms with Gasteiger partial charge in [-0.3, -0.25) is 0 Å². The number of anilines is 2. The molecule has 0 aliphatic heterocycles. The summed E-state index contributed by atoms with van der Waals surface area (Å²) in [5, 5.41) is 8.12. The first-order valence-electron chi connectivity index (χ1n) is 10.5. The molecule has 0 bridgehead atoms. The minimum Gasteiger partial charge on any atom is -0.332 e. The van der Waals surface area contributed by atoms with Crippen LogP contribution in [-0.4, -0.2) is 22.1 Å². The second-order valence-corrected chi connectivity index (χ2v) is 10.1. The molecule has 3 aromatic heterocycles. The highest BCUT2D eigenvalue weighted by Crippen LogP contribution is 2.35. The van der Waals surface area contributed by atoms with E-state index in [0.717, 1.165) is 43.6 Å². The van der Waals surface area contributed by atoms with Gasteiger partial charge in [0, 0.05) is 18.4 Å². The maximum absolute atomic E-state index is 5.69. The predicted octanol–water partition coefficient (Wildman–Crippen LogP) is 7.54. The second-order valence-electron chi connectivity index (χ2n) is 7.84. The van der Waals surface area contributed by atoms with E-state index in [0.29, 0.717) is 5.11 Å². The van der Waals surface area contributed by atoms with Gasteiger partial charge in [-0.1, -0.05) is 18.2 Å². The minimum atomic E-state index is 0.624. The number of aryl methyl sites for hydroxylation is 2. The number of nitrogens with zero attached hydrogens (tertiary/aromatic N) is 3. The first-order valence-corrected chi connectivity index (χ1v) is 12.7. The van der Waals surface area contributed by atoms with E-state index in [1.54, 1.807) is 22.7 Å². The van der Waals surface area contributed by atoms with Crippen LogP contribution in [0.5, 0.6) is 0 Å². The van der Waals surface area contributed by atoms with Crippen molar-refractivity contribution in [2.45, 2.75) is 13.8 Å². The Bertz CT molecular complexity index is 1440. The number of hydrogen-bond donors (Lipinski definition) is 1. The largest absolute Gasteiger partial charge is 0.332 e. The van der Waals surface area contributed by atoms with Crippen molar-refractivity contribution in [2.75, 3.05) is 17.3 Å². The highest BCUT2D eigenvalue weighted by Gasteiger charge is 2.16. The molecule has 0 amide bonds. The first kappa shape index (κ1) is 21.7. The van der Waals surface area contributed by atoms with E-state index in [-0.39, 0.29) is 0 Å². The van der Waals surface area contributed by atoms with Crippen LogP contribution in [0.3, 0.4) is 0 Å². The van der Waals surface area contributed by atoms with Crippen LogP contribution in [0.2, 0.25) is 0 Å². The summed E-state index contributed by atoms with van der Waals surface area (Å²) in [5.41, 5.74) is 7.97. The van der Waals surface area contributed by atoms with E-state index in [9.17, 15) is 0 Å². The summed E-state index contributed by atoms with van der Waals surface area (Å²) in [6.07, 6.45) is 0. The predicted molar refractivity (Wildman–Crippen MR) is 147 cm³/mol. The lowest BCUT2D eigenvalue weighted by Gasteiger charge is -2.22. The molecule has 0 spiro atoms. The van der Waals surface area contributed by atoms with Gasteiger partial charge in [0.2, 0.25) is 0 Å². The fourth-order valence-corrected chi connectivity index (χ4v) is 5.21. The Hall–Kier alpha value is -3.13. The highest BCUT2D eigenvalue weighted by atomic mass is 32.1. The molecule has 0 aliphatic rings. The first-order chi connectivity index (χ1) is 16.0. The monoisotopic (exact) mass is 486 g/mol. The number of rotatable bonds is 4. The summed E-state index contributed by atoms with van der Waals surface area (Å²) >= 11 is 9.04. The van der Waals surface area contributed by atoms with E-state index in [1.165, 1.54) is 11.1 Å². The van der Waals surface area contributed by atoms with Gasteiger partial charge in [0.05, 0.1) is 20.8 Å². The molecule has 3 heterocycles. The van der Waals surface area contributed by atoms with Crippen molar-refractivity contribution in [2.24, 2.45) is 0 Å². The number of aromatic nitrogens is 2. The van der Waals surface area contributed by atoms with E-state index in [1.807, 2.05) is 42.3 Å². The number of thiocarbonyl (C=S) groups is 1. The SMILES string of the molecule is Cc1ccc(N(C)C(=S)Nc2ccc3nc(-c4cccs4)c(-c4cccs4)nc3c2)cc1C. The smallest absolute Gasteiger partial charge is 0.177 e. The number of fused-ring (bicyclic) bond motifs is 1. The van der Waals surface area contributed by atoms with E-state index in [4.69, 9.17) is 22.2 Å². The molecule has 1 N–H and O–H groups in total. The van der Waals surface area contributed by atoms with Gasteiger partial charge in [0.1, 0.15) is 11.4 Å². The third-order valence-electron chi connectivity index (χ3n) is 5.61. The Morgan fingerprint density at radius 3 is 2.09 bits per heavy atom. The molecule has 33 heavy (non-hydrogen) atoms. The van der Waals surface area contributed by atoms with Crippen LogP contribution in [0, 0.1) is 13.8 Å². The Kier molecular flexibility index (Phi) is 5.93. The second kappa shape index (κ2) is 9.02. The van der Waals surface area contributed by atoms with Crippen LogP contribution in [0.15, 0.2) is 71.4 Å². The summed E-state index contributed by atoms with van der Waals surface area (Å²) in [6.45, 7) is 4.22. The van der Waals surface area contributed by atoms with Crippen molar-refractivity contribution in [1.29, 1.82) is 0 Å². The molecule has 4 nitrogen and oxygen atoms in total. The van der Waals surface area contributed by atoms with Gasteiger partial charge >= 0.3 is 0 Å². The van der Waals surface area contributed by atoms with Crippen molar-refractivity contribution >= 4 is 62.4 Å². The van der Waals surface area contributed by atoms with Crippen molar-refractivity contribution in [3.05, 3.63) is 82.6 Å². The molecule has 0 saturated carbocycles. The van der Waals surface area contributed by atoms with Gasteiger partial charge in [-0.05, 0) is 90.4 Å². The van der Waals surface area contributed by atoms with Gasteiger partial charge in [0.15, 0.2) is 5.11 Å². The van der Waals surface area contributed by atoms with E-state index in [2.05, 4.69) is 60.3 Å². The number of benzene rings is 2. The summed E-state index contributed by atoms with van der Waals surface area (Å²) < 4.78 is 0. The number of thiophene rings is 2. The van der Waals surface area contributed by atoms with Crippen LogP contribution in [-0.2, 0) is 0 Å². The van der Waals surface area contributed by atoms with Crippen molar-refractivity contribution in [1.82, 2.24) is 9.97 Å². The molecule has 0 atom stereocenters. The van der Waals surface area contributed by atoms with E-state index >= 15 is 0 Å². The maximum atomic E-state index is 5.69. The zero-order valence-electron chi connectivity index (χ0n) is 18.5. The molecular formula is C26H22N4S3. The molecule has 0 unspecified atom stereocenters. The molecule has 5 aromatic rings. The molecule has 5 rings (SSSR count). The van der Waals surface area contributed by atoms with Gasteiger partial charge < -0.3 is 10.2 Å². The third kappa shape index (κ3) is 4.39. The quantitative estimate of drug-likeness (QED) is 0.266. The topological polar surface area (TPSA) is 41.0 Å². The van der Waals surface area contributed by atoms with Gasteiger partial charge in [-0.15, -0.1) is 22.7 Å². The lowest BCUT2D eigenvalue weighted by Crippen LogP contribution is -2.30. The molecule has 164 valence electrons. The Morgan fingerprint density at radius 1 is 0.818 bits per heavy atom. The van der Waals surface area contributed by atoms with Crippen LogP contribution in [0.25, 0.3) is 32.2 Å². The molecule has 0 radical (unpaired) electrons. The van der Waals surface area contributed by atoms with Crippen molar-refractivity contribution in [3.63, 3.8) is 0 Å². The summed E-state index contributed by atoms with van der Waals surface area (Å²) in [6, 6.07) is 20.6. The number of hydrogen-bond acceptors (Lipinski definition) is 5. The molecular weight excluding hydrogens is 465 g/mol. The van der Waals surface area contributed by atoms with Crippen molar-refractivity contribution < 1.29 is 0 Å². The van der Waals surface area contributed by atoms with Crippen molar-refractivity contribution in [3.8, 4) is 21.1 Å². The third-order valence-corrected chi connectivity index (χ3v) is 7.74. The normalized spacial score (nSPS) is 11.0. The molecule has 0 saturated heterocycles. The Morgan fingerprint density at radius 2 is 1.48 bits per heavy atom. The Balaban J connectivity index is 1.48. The molecule has 0 fully saturated rings. The lowest BCUT2D eigenvalue weighted by atomic mass is 10.1. The standard InChI is InChI=1S/C26H22N4S3/c1-16-8-10-19(14-17(16)2)30(3)26(31)27-18-9-11-20-21(15-18)29-25(23-7-5-13-33-23)24(28-20)22-6-4-12-32-22/h4-15H,1-3H3,(H,27,31). The van der Waals surface area contributed by atoms with Gasteiger partial charge in [0.25, 0.3) is 0 Å². The Labute approximate surface area is 206 Å². The lowest BCUT2D eigenvalue weighted by molar-refractivity contribution is 1.24. The van der Waals surface area contributed by atoms with Crippen LogP contribution >= 0.6 is 34.9 Å². The summed E-state index contributed by atoms with van der Waals surface area (Å²) in [7, 11) is 1.97. The molecule has 2 aromatic carbocycles. The van der Waals surface area contributed by atoms with Crippen LogP contribution in [0.1, 0.15) is 11.1 Å². The zero-order chi connectivity index (χ0) is 22.9. The summed E-state index contributed by atoms with van der Waals surface area (Å²) in [4.78, 5) is 14.2. The number of nitrogens with one attached hydrogen (secondary N) is 1. The fourth-order valence-electron chi connectivity index (χ4n) is 3.56. The minimum absolute atomic E-state index is 0.624. The molecule has 0 aliphatic carbocycles. The average Bonchev–Trinajstić information content (AvgIpc) is 3.54. The van der Waals surface area contributed by atoms with Gasteiger partial charge in [-0.2, -0.15) is 0 Å². The van der Waals surface area contributed by atoms with Gasteiger partial charge in [-0.25, -0.2) is 9.97 Å². The van der Waals surface area contributed by atoms with Crippen LogP contribution in [0.4, 0.5) is 11.4 Å². The highest BCUT2D eigenvalue weighted by molar-refractivity contribution is 7.80. The maximum Gasteiger partial charge on any atom is 0.177 e. The molecule has 7 heteroatoms. The van der Waals surface area contributed by atoms with Crippen LogP contribution < -0.4 is 10.2 Å². The zero-order valence-corrected chi connectivity index (χ0v) is 20.9. The van der Waals surface area contributed by atoms with E-state index < -0.39 is 0 Å². The average molecular weight is 487 g/mol. The fraction of sp³-hybridized carbons (Fsp3) is 0.115.